The fourth-order valence-corrected chi connectivity index (χ4v) is 5.86. The predicted octanol–water partition coefficient (Wildman–Crippen LogP) is 1.80. The van der Waals surface area contributed by atoms with E-state index in [0.717, 1.165) is 23.3 Å². The number of carbonyl (C=O) groups is 1. The fraction of sp³-hybridized carbons (Fsp3) is 0.400. The minimum Gasteiger partial charge on any atom is -0.379 e. The van der Waals surface area contributed by atoms with Crippen LogP contribution in [0.3, 0.4) is 0 Å². The van der Waals surface area contributed by atoms with Gasteiger partial charge in [0, 0.05) is 19.6 Å². The van der Waals surface area contributed by atoms with Crippen LogP contribution in [0, 0.1) is 0 Å². The topological polar surface area (TPSA) is 75.7 Å². The van der Waals surface area contributed by atoms with Gasteiger partial charge in [-0.2, -0.15) is 15.6 Å². The first-order valence-corrected chi connectivity index (χ1v) is 10.8. The van der Waals surface area contributed by atoms with Gasteiger partial charge in [-0.3, -0.25) is 4.79 Å². The van der Waals surface area contributed by atoms with Gasteiger partial charge in [0.1, 0.15) is 9.77 Å². The molecular formula is C15H18N2O4S3. The van der Waals surface area contributed by atoms with Crippen LogP contribution in [0.1, 0.15) is 15.2 Å². The largest absolute Gasteiger partial charge is 0.379 e. The van der Waals surface area contributed by atoms with Gasteiger partial charge in [0.05, 0.1) is 13.2 Å². The molecule has 3 heterocycles. The molecule has 3 rings (SSSR count). The van der Waals surface area contributed by atoms with Crippen molar-refractivity contribution < 1.29 is 17.9 Å². The Balaban J connectivity index is 1.68. The molecule has 0 unspecified atom stereocenters. The lowest BCUT2D eigenvalue weighted by atomic mass is 10.2. The predicted molar refractivity (Wildman–Crippen MR) is 94.3 cm³/mol. The van der Waals surface area contributed by atoms with Gasteiger partial charge in [0.25, 0.3) is 5.91 Å². The van der Waals surface area contributed by atoms with Crippen molar-refractivity contribution in [3.63, 3.8) is 0 Å². The summed E-state index contributed by atoms with van der Waals surface area (Å²) in [5.41, 5.74) is 1.16. The summed E-state index contributed by atoms with van der Waals surface area (Å²) in [7, 11) is -3.66. The number of thiophene rings is 2. The molecule has 1 N–H and O–H groups in total. The Morgan fingerprint density at radius 1 is 1.25 bits per heavy atom. The van der Waals surface area contributed by atoms with E-state index in [1.54, 1.807) is 16.7 Å². The number of carbonyl (C=O) groups excluding carboxylic acids is 1. The Hall–Kier alpha value is -1.26. The van der Waals surface area contributed by atoms with Crippen LogP contribution in [0.2, 0.25) is 0 Å². The summed E-state index contributed by atoms with van der Waals surface area (Å²) in [4.78, 5) is 12.7. The first-order chi connectivity index (χ1) is 11.6. The zero-order valence-corrected chi connectivity index (χ0v) is 15.4. The molecule has 1 aliphatic rings. The van der Waals surface area contributed by atoms with Gasteiger partial charge in [-0.25, -0.2) is 8.42 Å². The average molecular weight is 387 g/mol. The average Bonchev–Trinajstić information content (AvgIpc) is 3.27. The fourth-order valence-electron chi connectivity index (χ4n) is 2.43. The van der Waals surface area contributed by atoms with Gasteiger partial charge in [-0.1, -0.05) is 0 Å². The van der Waals surface area contributed by atoms with E-state index in [0.29, 0.717) is 32.8 Å². The standard InChI is InChI=1S/C15H18N2O4S3/c18-15(16-4-1-12-2-9-22-11-12)14-13(3-10-23-14)24(19,20)17-5-7-21-8-6-17/h2-3,9-11H,1,4-8H2,(H,16,18). The molecule has 1 aliphatic heterocycles. The van der Waals surface area contributed by atoms with E-state index in [2.05, 4.69) is 5.32 Å². The number of nitrogens with zero attached hydrogens (tertiary/aromatic N) is 1. The number of nitrogens with one attached hydrogen (secondary N) is 1. The summed E-state index contributed by atoms with van der Waals surface area (Å²) in [5, 5.41) is 8.47. The normalized spacial score (nSPS) is 16.2. The third-order valence-corrected chi connectivity index (χ3v) is 7.42. The molecule has 1 fully saturated rings. The number of ether oxygens (including phenoxy) is 1. The number of rotatable bonds is 6. The van der Waals surface area contributed by atoms with E-state index < -0.39 is 10.0 Å². The second-order valence-electron chi connectivity index (χ2n) is 5.27. The van der Waals surface area contributed by atoms with Crippen molar-refractivity contribution in [1.82, 2.24) is 9.62 Å². The Morgan fingerprint density at radius 3 is 2.75 bits per heavy atom. The maximum absolute atomic E-state index is 12.7. The summed E-state index contributed by atoms with van der Waals surface area (Å²) in [6, 6.07) is 3.51. The van der Waals surface area contributed by atoms with Gasteiger partial charge in [0.2, 0.25) is 10.0 Å². The van der Waals surface area contributed by atoms with Crippen molar-refractivity contribution in [3.05, 3.63) is 38.7 Å². The number of sulfonamides is 1. The Kier molecular flexibility index (Phi) is 5.67. The zero-order valence-electron chi connectivity index (χ0n) is 12.9. The summed E-state index contributed by atoms with van der Waals surface area (Å²) < 4.78 is 32.0. The number of morpholine rings is 1. The molecule has 0 bridgehead atoms. The zero-order chi connectivity index (χ0) is 17.0. The lowest BCUT2D eigenvalue weighted by molar-refractivity contribution is 0.0730. The number of amides is 1. The molecular weight excluding hydrogens is 368 g/mol. The van der Waals surface area contributed by atoms with Crippen molar-refractivity contribution in [3.8, 4) is 0 Å². The number of hydrogen-bond acceptors (Lipinski definition) is 6. The third kappa shape index (κ3) is 3.86. The molecule has 2 aromatic rings. The van der Waals surface area contributed by atoms with Crippen LogP contribution in [-0.2, 0) is 21.2 Å². The molecule has 24 heavy (non-hydrogen) atoms. The van der Waals surface area contributed by atoms with E-state index in [1.807, 2.05) is 16.8 Å². The van der Waals surface area contributed by atoms with E-state index in [1.165, 1.54) is 10.4 Å². The SMILES string of the molecule is O=C(NCCc1ccsc1)c1sccc1S(=O)(=O)N1CCOCC1. The van der Waals surface area contributed by atoms with Crippen molar-refractivity contribution in [1.29, 1.82) is 0 Å². The molecule has 1 amide bonds. The molecule has 0 spiro atoms. The second-order valence-corrected chi connectivity index (χ2v) is 8.87. The van der Waals surface area contributed by atoms with Crippen molar-refractivity contribution in [2.75, 3.05) is 32.8 Å². The van der Waals surface area contributed by atoms with E-state index in [9.17, 15) is 13.2 Å². The van der Waals surface area contributed by atoms with Gasteiger partial charge < -0.3 is 10.1 Å². The Bertz CT molecular complexity index is 778. The first-order valence-electron chi connectivity index (χ1n) is 7.53. The lowest BCUT2D eigenvalue weighted by Crippen LogP contribution is -2.41. The smallest absolute Gasteiger partial charge is 0.262 e. The minimum absolute atomic E-state index is 0.0856. The van der Waals surface area contributed by atoms with E-state index >= 15 is 0 Å². The quantitative estimate of drug-likeness (QED) is 0.821. The lowest BCUT2D eigenvalue weighted by Gasteiger charge is -2.26. The van der Waals surface area contributed by atoms with E-state index in [4.69, 9.17) is 4.74 Å². The molecule has 9 heteroatoms. The molecule has 0 atom stereocenters. The van der Waals surface area contributed by atoms with Crippen molar-refractivity contribution in [2.24, 2.45) is 0 Å². The molecule has 0 saturated carbocycles. The van der Waals surface area contributed by atoms with Crippen molar-refractivity contribution in [2.45, 2.75) is 11.3 Å². The van der Waals surface area contributed by atoms with Crippen LogP contribution in [0.15, 0.2) is 33.2 Å². The Labute approximate surface area is 149 Å². The molecule has 1 saturated heterocycles. The monoisotopic (exact) mass is 386 g/mol. The number of hydrogen-bond donors (Lipinski definition) is 1. The summed E-state index contributed by atoms with van der Waals surface area (Å²) in [6.07, 6.45) is 0.728. The van der Waals surface area contributed by atoms with Crippen LogP contribution in [0.25, 0.3) is 0 Å². The third-order valence-electron chi connectivity index (χ3n) is 3.70. The highest BCUT2D eigenvalue weighted by Crippen LogP contribution is 2.25. The molecule has 6 nitrogen and oxygen atoms in total. The molecule has 0 radical (unpaired) electrons. The summed E-state index contributed by atoms with van der Waals surface area (Å²) in [6.45, 7) is 1.87. The molecule has 0 aromatic carbocycles. The van der Waals surface area contributed by atoms with Crippen LogP contribution >= 0.6 is 22.7 Å². The second kappa shape index (κ2) is 7.75. The first kappa shape index (κ1) is 17.6. The van der Waals surface area contributed by atoms with Gasteiger partial charge in [-0.05, 0) is 40.3 Å². The highest BCUT2D eigenvalue weighted by Gasteiger charge is 2.31. The van der Waals surface area contributed by atoms with E-state index in [-0.39, 0.29) is 15.7 Å². The maximum atomic E-state index is 12.7. The van der Waals surface area contributed by atoms with Gasteiger partial charge in [0.15, 0.2) is 0 Å². The minimum atomic E-state index is -3.66. The molecule has 2 aromatic heterocycles. The maximum Gasteiger partial charge on any atom is 0.262 e. The van der Waals surface area contributed by atoms with Crippen LogP contribution in [0.4, 0.5) is 0 Å². The summed E-state index contributed by atoms with van der Waals surface area (Å²) >= 11 is 2.76. The van der Waals surface area contributed by atoms with Crippen LogP contribution in [-0.4, -0.2) is 51.5 Å². The van der Waals surface area contributed by atoms with Crippen LogP contribution in [0.5, 0.6) is 0 Å². The molecule has 130 valence electrons. The highest BCUT2D eigenvalue weighted by atomic mass is 32.2. The van der Waals surface area contributed by atoms with Gasteiger partial charge in [-0.15, -0.1) is 11.3 Å². The van der Waals surface area contributed by atoms with Crippen molar-refractivity contribution >= 4 is 38.6 Å². The van der Waals surface area contributed by atoms with Crippen LogP contribution < -0.4 is 5.32 Å². The van der Waals surface area contributed by atoms with Gasteiger partial charge >= 0.3 is 0 Å². The highest BCUT2D eigenvalue weighted by molar-refractivity contribution is 7.89. The Morgan fingerprint density at radius 2 is 2.04 bits per heavy atom. The molecule has 0 aliphatic carbocycles. The summed E-state index contributed by atoms with van der Waals surface area (Å²) in [5.74, 6) is -0.341.